The predicted octanol–water partition coefficient (Wildman–Crippen LogP) is 21.6. The second-order valence-corrected chi connectivity index (χ2v) is 26.6. The Hall–Kier alpha value is -8.20. The van der Waals surface area contributed by atoms with E-state index in [0.717, 1.165) is 34.1 Å². The first-order valence-corrected chi connectivity index (χ1v) is 28.5. The molecule has 0 bridgehead atoms. The fourth-order valence-electron chi connectivity index (χ4n) is 13.3. The normalized spacial score (nSPS) is 13.7. The topological polar surface area (TPSA) is 6.48 Å². The van der Waals surface area contributed by atoms with Crippen molar-refractivity contribution in [3.63, 3.8) is 0 Å². The fraction of sp³-hybridized carbons (Fsp3) is 0.221. The molecule has 0 amide bonds. The number of fused-ring (bicyclic) bond motifs is 17. The minimum Gasteiger partial charge on any atom is -0.310 e. The van der Waals surface area contributed by atoms with Crippen LogP contribution in [-0.4, -0.2) is 0 Å². The molecular weight excluding hydrogens is 953 g/mol. The van der Waals surface area contributed by atoms with Crippen LogP contribution >= 0.6 is 0 Å². The van der Waals surface area contributed by atoms with Gasteiger partial charge in [-0.05, 0) is 182 Å². The molecular formula is C77H72N2. The van der Waals surface area contributed by atoms with Crippen LogP contribution in [0.4, 0.5) is 34.1 Å². The zero-order valence-electron chi connectivity index (χ0n) is 48.2. The number of rotatable bonds is 6. The minimum absolute atomic E-state index is 0.0160. The summed E-state index contributed by atoms with van der Waals surface area (Å²) in [5.74, 6) is 0. The van der Waals surface area contributed by atoms with E-state index in [-0.39, 0.29) is 21.7 Å². The van der Waals surface area contributed by atoms with Gasteiger partial charge in [-0.1, -0.05) is 235 Å². The molecule has 0 aromatic heterocycles. The van der Waals surface area contributed by atoms with Crippen molar-refractivity contribution in [2.75, 3.05) is 9.80 Å². The molecule has 0 saturated heterocycles. The molecule has 0 radical (unpaired) electrons. The second-order valence-electron chi connectivity index (χ2n) is 26.6. The Kier molecular flexibility index (Phi) is 11.4. The number of anilines is 6. The molecule has 0 atom stereocenters. The summed E-state index contributed by atoms with van der Waals surface area (Å²) in [6, 6.07) is 84.1. The SMILES string of the molecule is CC(C)(C)c1ccc(N(c2ccc(C(C)(C)C)cc2)c2ccc3c4c(c5ccccc5c3c2)-c2cc(N(c3ccc(C(C)(C)C)cc3)c3ccc(C(C)(C)C)cc3)c3ccccc3c2C42c3ccccc3-c3ccccc32)cc1. The number of nitrogens with zero attached hydrogens (tertiary/aromatic N) is 2. The van der Waals surface area contributed by atoms with E-state index >= 15 is 0 Å². The van der Waals surface area contributed by atoms with E-state index < -0.39 is 5.41 Å². The largest absolute Gasteiger partial charge is 0.310 e. The van der Waals surface area contributed by atoms with Crippen molar-refractivity contribution in [3.05, 3.63) is 263 Å². The van der Waals surface area contributed by atoms with E-state index in [0.29, 0.717) is 0 Å². The van der Waals surface area contributed by atoms with E-state index in [1.165, 1.54) is 99.1 Å². The van der Waals surface area contributed by atoms with Gasteiger partial charge in [-0.3, -0.25) is 0 Å². The van der Waals surface area contributed by atoms with E-state index in [2.05, 4.69) is 311 Å². The van der Waals surface area contributed by atoms with Gasteiger partial charge in [0.1, 0.15) is 0 Å². The van der Waals surface area contributed by atoms with Crippen molar-refractivity contribution >= 4 is 66.4 Å². The third-order valence-corrected chi connectivity index (χ3v) is 17.5. The van der Waals surface area contributed by atoms with Gasteiger partial charge >= 0.3 is 0 Å². The molecule has 11 aromatic rings. The minimum atomic E-state index is -0.640. The van der Waals surface area contributed by atoms with E-state index in [4.69, 9.17) is 0 Å². The number of hydrogen-bond acceptors (Lipinski definition) is 2. The lowest BCUT2D eigenvalue weighted by Gasteiger charge is -2.34. The maximum atomic E-state index is 2.57. The van der Waals surface area contributed by atoms with Crippen molar-refractivity contribution in [3.8, 4) is 22.3 Å². The van der Waals surface area contributed by atoms with Crippen molar-refractivity contribution in [1.29, 1.82) is 0 Å². The Morgan fingerprint density at radius 2 is 0.620 bits per heavy atom. The molecule has 2 heteroatoms. The molecule has 11 aromatic carbocycles. The third kappa shape index (κ3) is 7.96. The number of hydrogen-bond donors (Lipinski definition) is 0. The zero-order valence-corrected chi connectivity index (χ0v) is 48.2. The van der Waals surface area contributed by atoms with E-state index in [9.17, 15) is 0 Å². The average Bonchev–Trinajstić information content (AvgIpc) is 2.60. The lowest BCUT2D eigenvalue weighted by Crippen LogP contribution is -2.27. The molecule has 0 fully saturated rings. The molecule has 1 spiro atoms. The van der Waals surface area contributed by atoms with Crippen LogP contribution in [-0.2, 0) is 27.1 Å². The molecule has 0 N–H and O–H groups in total. The standard InChI is InChI=1S/C77H72N2/c1-73(2,3)49-29-37-53(38-30-49)78(54-39-31-50(32-40-54)74(4,5)6)57-45-46-64-65(47-57)58-21-13-15-25-62(58)70-66-48-69(79(55-41-33-51(34-42-55)75(7,8)9)56-43-35-52(36-44-56)76(10,11)12)61-24-14-16-26-63(61)71(66)77(72(64)70)67-27-19-17-22-59(67)60-23-18-20-28-68(60)77/h13-48H,1-12H3. The van der Waals surface area contributed by atoms with Crippen LogP contribution in [0.2, 0.25) is 0 Å². The molecule has 13 rings (SSSR count). The Labute approximate surface area is 469 Å². The first-order chi connectivity index (χ1) is 37.7. The smallest absolute Gasteiger partial charge is 0.0737 e. The van der Waals surface area contributed by atoms with Crippen LogP contribution in [0.15, 0.2) is 218 Å². The van der Waals surface area contributed by atoms with Crippen molar-refractivity contribution in [1.82, 2.24) is 0 Å². The van der Waals surface area contributed by atoms with Gasteiger partial charge in [0.25, 0.3) is 0 Å². The van der Waals surface area contributed by atoms with Gasteiger partial charge in [0.2, 0.25) is 0 Å². The summed E-state index contributed by atoms with van der Waals surface area (Å²) in [6.45, 7) is 27.6. The quantitative estimate of drug-likeness (QED) is 0.153. The molecule has 0 unspecified atom stereocenters. The monoisotopic (exact) mass is 1020 g/mol. The van der Waals surface area contributed by atoms with Crippen LogP contribution < -0.4 is 9.80 Å². The highest BCUT2D eigenvalue weighted by atomic mass is 15.1. The first-order valence-electron chi connectivity index (χ1n) is 28.5. The summed E-state index contributed by atoms with van der Waals surface area (Å²) >= 11 is 0. The van der Waals surface area contributed by atoms with E-state index in [1.54, 1.807) is 0 Å². The highest BCUT2D eigenvalue weighted by Gasteiger charge is 2.54. The third-order valence-electron chi connectivity index (χ3n) is 17.5. The first kappa shape index (κ1) is 50.3. The lowest BCUT2D eigenvalue weighted by atomic mass is 9.68. The van der Waals surface area contributed by atoms with Gasteiger partial charge in [-0.2, -0.15) is 0 Å². The van der Waals surface area contributed by atoms with Gasteiger partial charge in [0.05, 0.1) is 11.1 Å². The summed E-state index contributed by atoms with van der Waals surface area (Å²) < 4.78 is 0. The molecule has 2 aliphatic rings. The van der Waals surface area contributed by atoms with Gasteiger partial charge < -0.3 is 9.80 Å². The average molecular weight is 1030 g/mol. The van der Waals surface area contributed by atoms with Gasteiger partial charge in [0.15, 0.2) is 0 Å². The summed E-state index contributed by atoms with van der Waals surface area (Å²) in [5.41, 5.74) is 22.1. The van der Waals surface area contributed by atoms with Crippen molar-refractivity contribution in [2.24, 2.45) is 0 Å². The highest BCUT2D eigenvalue weighted by molar-refractivity contribution is 6.23. The maximum absolute atomic E-state index is 2.57. The lowest BCUT2D eigenvalue weighted by molar-refractivity contribution is 0.590. The summed E-state index contributed by atoms with van der Waals surface area (Å²) in [4.78, 5) is 4.98. The highest BCUT2D eigenvalue weighted by Crippen LogP contribution is 2.67. The Morgan fingerprint density at radius 1 is 0.266 bits per heavy atom. The number of benzene rings is 11. The summed E-state index contributed by atoms with van der Waals surface area (Å²) in [6.07, 6.45) is 0. The molecule has 0 saturated carbocycles. The Bertz CT molecular complexity index is 4020. The molecule has 2 aliphatic carbocycles. The predicted molar refractivity (Wildman–Crippen MR) is 339 cm³/mol. The Morgan fingerprint density at radius 3 is 1.06 bits per heavy atom. The molecule has 390 valence electrons. The fourth-order valence-corrected chi connectivity index (χ4v) is 13.3. The molecule has 2 nitrogen and oxygen atoms in total. The summed E-state index contributed by atoms with van der Waals surface area (Å²) in [7, 11) is 0. The van der Waals surface area contributed by atoms with Gasteiger partial charge in [0, 0.05) is 33.8 Å². The van der Waals surface area contributed by atoms with Crippen LogP contribution in [0.25, 0.3) is 54.6 Å². The van der Waals surface area contributed by atoms with Gasteiger partial charge in [-0.25, -0.2) is 0 Å². The van der Waals surface area contributed by atoms with E-state index in [1.807, 2.05) is 0 Å². The maximum Gasteiger partial charge on any atom is 0.0737 e. The Balaban J connectivity index is 1.14. The summed E-state index contributed by atoms with van der Waals surface area (Å²) in [5, 5.41) is 7.50. The van der Waals surface area contributed by atoms with Crippen molar-refractivity contribution in [2.45, 2.75) is 110 Å². The van der Waals surface area contributed by atoms with Crippen molar-refractivity contribution < 1.29 is 0 Å². The molecule has 0 heterocycles. The van der Waals surface area contributed by atoms with Gasteiger partial charge in [-0.15, -0.1) is 0 Å². The zero-order chi connectivity index (χ0) is 55.0. The molecule has 0 aliphatic heterocycles. The van der Waals surface area contributed by atoms with Crippen LogP contribution in [0.3, 0.4) is 0 Å². The molecule has 79 heavy (non-hydrogen) atoms. The second kappa shape index (κ2) is 17.9. The van der Waals surface area contributed by atoms with Crippen LogP contribution in [0.1, 0.15) is 128 Å². The van der Waals surface area contributed by atoms with Crippen LogP contribution in [0, 0.1) is 0 Å². The van der Waals surface area contributed by atoms with Crippen LogP contribution in [0.5, 0.6) is 0 Å².